The fraction of sp³-hybridized carbons (Fsp3) is 0.111. The van der Waals surface area contributed by atoms with Crippen LogP contribution in [0.4, 0.5) is 0 Å². The molecule has 3 aromatic rings. The van der Waals surface area contributed by atoms with Gasteiger partial charge in [0, 0.05) is 0 Å². The Labute approximate surface area is 118 Å². The van der Waals surface area contributed by atoms with E-state index in [0.29, 0.717) is 0 Å². The summed E-state index contributed by atoms with van der Waals surface area (Å²) in [4.78, 5) is 0. The first kappa shape index (κ1) is 12.7. The lowest BCUT2D eigenvalue weighted by atomic mass is 10.1. The average molecular weight is 264 g/mol. The van der Waals surface area contributed by atoms with Crippen LogP contribution in [-0.4, -0.2) is 5.11 Å². The lowest BCUT2D eigenvalue weighted by Gasteiger charge is -2.09. The molecule has 2 nitrogen and oxygen atoms in total. The van der Waals surface area contributed by atoms with Gasteiger partial charge in [-0.2, -0.15) is 0 Å². The van der Waals surface area contributed by atoms with Gasteiger partial charge in [-0.25, -0.2) is 0 Å². The maximum Gasteiger partial charge on any atom is 0.128 e. The van der Waals surface area contributed by atoms with Crippen molar-refractivity contribution in [3.8, 4) is 11.5 Å². The van der Waals surface area contributed by atoms with Crippen LogP contribution in [0.2, 0.25) is 0 Å². The zero-order chi connectivity index (χ0) is 13.9. The van der Waals surface area contributed by atoms with Crippen LogP contribution in [0.5, 0.6) is 11.5 Å². The van der Waals surface area contributed by atoms with Crippen molar-refractivity contribution in [1.29, 1.82) is 0 Å². The van der Waals surface area contributed by atoms with E-state index in [1.807, 2.05) is 49.4 Å². The minimum Gasteiger partial charge on any atom is -0.457 e. The van der Waals surface area contributed by atoms with Crippen LogP contribution >= 0.6 is 0 Å². The van der Waals surface area contributed by atoms with E-state index < -0.39 is 0 Å². The average Bonchev–Trinajstić information content (AvgIpc) is 2.47. The summed E-state index contributed by atoms with van der Waals surface area (Å²) in [6, 6.07) is 20.0. The largest absolute Gasteiger partial charge is 0.457 e. The van der Waals surface area contributed by atoms with Gasteiger partial charge in [-0.15, -0.1) is 0 Å². The van der Waals surface area contributed by atoms with Gasteiger partial charge < -0.3 is 9.84 Å². The van der Waals surface area contributed by atoms with Crippen molar-refractivity contribution in [1.82, 2.24) is 0 Å². The molecule has 3 rings (SSSR count). The Balaban J connectivity index is 1.90. The van der Waals surface area contributed by atoms with Gasteiger partial charge in [-0.3, -0.25) is 0 Å². The molecule has 2 heteroatoms. The highest BCUT2D eigenvalue weighted by Crippen LogP contribution is 2.27. The van der Waals surface area contributed by atoms with Gasteiger partial charge in [0.05, 0.1) is 6.61 Å². The summed E-state index contributed by atoms with van der Waals surface area (Å²) in [5.74, 6) is 1.61. The summed E-state index contributed by atoms with van der Waals surface area (Å²) in [5.41, 5.74) is 1.96. The Kier molecular flexibility index (Phi) is 3.40. The second kappa shape index (κ2) is 5.35. The second-order valence-electron chi connectivity index (χ2n) is 4.86. The number of fused-ring (bicyclic) bond motifs is 1. The molecule has 0 spiro atoms. The lowest BCUT2D eigenvalue weighted by molar-refractivity contribution is 0.281. The van der Waals surface area contributed by atoms with E-state index in [9.17, 15) is 5.11 Å². The standard InChI is InChI=1S/C18H16O2/c1-13-10-17(9-7-16(13)12-19)20-18-8-6-14-4-2-3-5-15(14)11-18/h2-11,19H,12H2,1H3. The summed E-state index contributed by atoms with van der Waals surface area (Å²) in [6.45, 7) is 2.03. The zero-order valence-electron chi connectivity index (χ0n) is 11.3. The Hall–Kier alpha value is -2.32. The smallest absolute Gasteiger partial charge is 0.128 e. The molecule has 0 saturated carbocycles. The first-order valence-corrected chi connectivity index (χ1v) is 6.63. The molecule has 100 valence electrons. The van der Waals surface area contributed by atoms with E-state index in [0.717, 1.165) is 28.0 Å². The highest BCUT2D eigenvalue weighted by Gasteiger charge is 2.02. The van der Waals surface area contributed by atoms with Crippen LogP contribution < -0.4 is 4.74 Å². The van der Waals surface area contributed by atoms with Crippen LogP contribution in [0, 0.1) is 6.92 Å². The summed E-state index contributed by atoms with van der Waals surface area (Å²) in [7, 11) is 0. The molecule has 0 bridgehead atoms. The summed E-state index contributed by atoms with van der Waals surface area (Å²) in [5, 5.41) is 11.5. The number of benzene rings is 3. The number of aliphatic hydroxyl groups excluding tert-OH is 1. The zero-order valence-corrected chi connectivity index (χ0v) is 11.3. The van der Waals surface area contributed by atoms with Crippen molar-refractivity contribution in [2.45, 2.75) is 13.5 Å². The normalized spacial score (nSPS) is 10.7. The number of rotatable bonds is 3. The Bertz CT molecular complexity index is 747. The minimum atomic E-state index is 0.0576. The van der Waals surface area contributed by atoms with E-state index in [4.69, 9.17) is 4.74 Å². The molecule has 0 fully saturated rings. The van der Waals surface area contributed by atoms with E-state index in [2.05, 4.69) is 18.2 Å². The second-order valence-corrected chi connectivity index (χ2v) is 4.86. The van der Waals surface area contributed by atoms with Gasteiger partial charge in [0.2, 0.25) is 0 Å². The van der Waals surface area contributed by atoms with Crippen LogP contribution in [0.1, 0.15) is 11.1 Å². The van der Waals surface area contributed by atoms with Gasteiger partial charge in [-0.1, -0.05) is 36.4 Å². The first-order chi connectivity index (χ1) is 9.76. The molecule has 0 aliphatic rings. The molecular weight excluding hydrogens is 248 g/mol. The quantitative estimate of drug-likeness (QED) is 0.758. The van der Waals surface area contributed by atoms with Crippen LogP contribution in [0.25, 0.3) is 10.8 Å². The molecule has 0 amide bonds. The molecule has 0 aliphatic carbocycles. The highest BCUT2D eigenvalue weighted by molar-refractivity contribution is 5.83. The topological polar surface area (TPSA) is 29.5 Å². The highest BCUT2D eigenvalue weighted by atomic mass is 16.5. The van der Waals surface area contributed by atoms with Crippen LogP contribution in [0.3, 0.4) is 0 Å². The van der Waals surface area contributed by atoms with E-state index >= 15 is 0 Å². The minimum absolute atomic E-state index is 0.0576. The molecule has 1 N–H and O–H groups in total. The fourth-order valence-electron chi connectivity index (χ4n) is 2.28. The maximum absolute atomic E-state index is 9.18. The summed E-state index contributed by atoms with van der Waals surface area (Å²) < 4.78 is 5.89. The predicted molar refractivity (Wildman–Crippen MR) is 81.1 cm³/mol. The molecule has 0 atom stereocenters. The number of aliphatic hydroxyl groups is 1. The molecule has 0 saturated heterocycles. The molecule has 0 aromatic heterocycles. The number of hydrogen-bond acceptors (Lipinski definition) is 2. The lowest BCUT2D eigenvalue weighted by Crippen LogP contribution is -1.90. The molecular formula is C18H16O2. The van der Waals surface area contributed by atoms with E-state index in [-0.39, 0.29) is 6.61 Å². The first-order valence-electron chi connectivity index (χ1n) is 6.63. The summed E-state index contributed by atoms with van der Waals surface area (Å²) in [6.07, 6.45) is 0. The predicted octanol–water partition coefficient (Wildman–Crippen LogP) is 4.43. The third-order valence-electron chi connectivity index (χ3n) is 3.44. The van der Waals surface area contributed by atoms with Gasteiger partial charge in [-0.05, 0) is 53.1 Å². The van der Waals surface area contributed by atoms with Gasteiger partial charge in [0.15, 0.2) is 0 Å². The van der Waals surface area contributed by atoms with Crippen molar-refractivity contribution < 1.29 is 9.84 Å². The van der Waals surface area contributed by atoms with Crippen molar-refractivity contribution in [3.63, 3.8) is 0 Å². The van der Waals surface area contributed by atoms with Crippen molar-refractivity contribution in [2.75, 3.05) is 0 Å². The number of ether oxygens (including phenoxy) is 1. The van der Waals surface area contributed by atoms with Crippen molar-refractivity contribution in [3.05, 3.63) is 71.8 Å². The molecule has 0 radical (unpaired) electrons. The van der Waals surface area contributed by atoms with Crippen LogP contribution in [-0.2, 0) is 6.61 Å². The maximum atomic E-state index is 9.18. The third-order valence-corrected chi connectivity index (χ3v) is 3.44. The van der Waals surface area contributed by atoms with Crippen LogP contribution in [0.15, 0.2) is 60.7 Å². The fourth-order valence-corrected chi connectivity index (χ4v) is 2.28. The van der Waals surface area contributed by atoms with E-state index in [1.54, 1.807) is 0 Å². The number of aryl methyl sites for hydroxylation is 1. The SMILES string of the molecule is Cc1cc(Oc2ccc3ccccc3c2)ccc1CO. The van der Waals surface area contributed by atoms with Crippen molar-refractivity contribution >= 4 is 10.8 Å². The Morgan fingerprint density at radius 3 is 2.30 bits per heavy atom. The Morgan fingerprint density at radius 2 is 1.55 bits per heavy atom. The molecule has 20 heavy (non-hydrogen) atoms. The molecule has 0 heterocycles. The van der Waals surface area contributed by atoms with Gasteiger partial charge in [0.25, 0.3) is 0 Å². The monoisotopic (exact) mass is 264 g/mol. The third kappa shape index (κ3) is 2.51. The molecule has 0 unspecified atom stereocenters. The van der Waals surface area contributed by atoms with E-state index in [1.165, 1.54) is 5.39 Å². The van der Waals surface area contributed by atoms with Gasteiger partial charge >= 0.3 is 0 Å². The van der Waals surface area contributed by atoms with Crippen molar-refractivity contribution in [2.24, 2.45) is 0 Å². The molecule has 3 aromatic carbocycles. The summed E-state index contributed by atoms with van der Waals surface area (Å²) >= 11 is 0. The molecule has 0 aliphatic heterocycles. The van der Waals surface area contributed by atoms with Gasteiger partial charge in [0.1, 0.15) is 11.5 Å². The number of hydrogen-bond donors (Lipinski definition) is 1. The Morgan fingerprint density at radius 1 is 0.850 bits per heavy atom.